The van der Waals surface area contributed by atoms with Crippen LogP contribution in [0.3, 0.4) is 0 Å². The van der Waals surface area contributed by atoms with E-state index in [1.54, 1.807) is 0 Å². The third-order valence-corrected chi connectivity index (χ3v) is 4.09. The normalized spacial score (nSPS) is 13.9. The van der Waals surface area contributed by atoms with Crippen molar-refractivity contribution >= 4 is 52.5 Å². The molecule has 0 spiro atoms. The molecule has 0 saturated carbocycles. The molecule has 0 fully saturated rings. The Labute approximate surface area is 108 Å². The van der Waals surface area contributed by atoms with Gasteiger partial charge >= 0.3 is 0 Å². The molecule has 4 heteroatoms. The lowest BCUT2D eigenvalue weighted by Gasteiger charge is -2.12. The van der Waals surface area contributed by atoms with Crippen molar-refractivity contribution in [2.45, 2.75) is 6.42 Å². The lowest BCUT2D eigenvalue weighted by Crippen LogP contribution is -1.92. The number of rotatable bonds is 0. The van der Waals surface area contributed by atoms with E-state index in [0.717, 1.165) is 11.1 Å². The van der Waals surface area contributed by atoms with Crippen LogP contribution >= 0.6 is 46.4 Å². The van der Waals surface area contributed by atoms with Crippen molar-refractivity contribution in [1.82, 2.24) is 0 Å². The third kappa shape index (κ3) is 1.92. The van der Waals surface area contributed by atoms with Crippen molar-refractivity contribution in [3.8, 4) is 0 Å². The van der Waals surface area contributed by atoms with Crippen LogP contribution in [-0.2, 0) is 6.42 Å². The maximum atomic E-state index is 6.12. The van der Waals surface area contributed by atoms with Crippen LogP contribution in [0.1, 0.15) is 11.1 Å². The van der Waals surface area contributed by atoms with Gasteiger partial charge in [-0.1, -0.05) is 70.7 Å². The van der Waals surface area contributed by atoms with Gasteiger partial charge in [-0.2, -0.15) is 0 Å². The van der Waals surface area contributed by atoms with Crippen LogP contribution in [0.2, 0.25) is 20.1 Å². The fourth-order valence-corrected chi connectivity index (χ4v) is 2.53. The van der Waals surface area contributed by atoms with Gasteiger partial charge in [0.25, 0.3) is 0 Å². The Balaban J connectivity index is 2.79. The summed E-state index contributed by atoms with van der Waals surface area (Å²) < 4.78 is 0. The first-order valence-electron chi connectivity index (χ1n) is 4.31. The molecule has 1 aliphatic rings. The average molecular weight is 280 g/mol. The minimum absolute atomic E-state index is 0.314. The van der Waals surface area contributed by atoms with Crippen LogP contribution in [-0.4, -0.2) is 0 Å². The topological polar surface area (TPSA) is 0 Å². The van der Waals surface area contributed by atoms with E-state index in [4.69, 9.17) is 46.4 Å². The van der Waals surface area contributed by atoms with Crippen molar-refractivity contribution in [3.05, 3.63) is 49.4 Å². The summed E-state index contributed by atoms with van der Waals surface area (Å²) in [7, 11) is 0. The molecule has 2 rings (SSSR count). The molecule has 0 atom stereocenters. The van der Waals surface area contributed by atoms with Gasteiger partial charge in [0.15, 0.2) is 0 Å². The Kier molecular flexibility index (Phi) is 3.32. The first-order chi connectivity index (χ1) is 7.13. The highest BCUT2D eigenvalue weighted by atomic mass is 35.5. The zero-order valence-corrected chi connectivity index (χ0v) is 10.6. The number of allylic oxidation sites excluding steroid dienone is 3. The quantitative estimate of drug-likeness (QED) is 0.439. The van der Waals surface area contributed by atoms with Crippen LogP contribution < -0.4 is 0 Å². The molecule has 0 saturated heterocycles. The smallest absolute Gasteiger partial charge is 0.0800 e. The summed E-state index contributed by atoms with van der Waals surface area (Å²) in [4.78, 5) is 0. The monoisotopic (exact) mass is 278 g/mol. The molecule has 0 unspecified atom stereocenters. The van der Waals surface area contributed by atoms with E-state index in [9.17, 15) is 0 Å². The van der Waals surface area contributed by atoms with E-state index in [1.807, 2.05) is 24.3 Å². The van der Waals surface area contributed by atoms with Crippen molar-refractivity contribution in [3.63, 3.8) is 0 Å². The van der Waals surface area contributed by atoms with Crippen LogP contribution in [0.25, 0.3) is 6.08 Å². The molecule has 0 amide bonds. The van der Waals surface area contributed by atoms with Gasteiger partial charge in [-0.05, 0) is 17.5 Å². The Morgan fingerprint density at radius 2 is 1.47 bits per heavy atom. The predicted octanol–water partition coefficient (Wildman–Crippen LogP) is 5.43. The first kappa shape index (κ1) is 11.3. The molecule has 0 aliphatic heterocycles. The van der Waals surface area contributed by atoms with Crippen molar-refractivity contribution in [2.24, 2.45) is 0 Å². The molecule has 0 N–H and O–H groups in total. The third-order valence-electron chi connectivity index (χ3n) is 2.24. The Bertz CT molecular complexity index is 472. The van der Waals surface area contributed by atoms with Gasteiger partial charge in [-0.25, -0.2) is 0 Å². The fraction of sp³-hybridized carbons (Fsp3) is 0.0909. The lowest BCUT2D eigenvalue weighted by atomic mass is 10.1. The molecular weight excluding hydrogens is 274 g/mol. The van der Waals surface area contributed by atoms with E-state index < -0.39 is 0 Å². The minimum Gasteiger partial charge on any atom is -0.0823 e. The summed E-state index contributed by atoms with van der Waals surface area (Å²) >= 11 is 24.2. The summed E-state index contributed by atoms with van der Waals surface area (Å²) in [6.07, 6.45) is 8.43. The van der Waals surface area contributed by atoms with Crippen LogP contribution in [0.5, 0.6) is 0 Å². The summed E-state index contributed by atoms with van der Waals surface area (Å²) in [5, 5.41) is 1.58. The number of hydrogen-bond donors (Lipinski definition) is 0. The summed E-state index contributed by atoms with van der Waals surface area (Å²) in [5.74, 6) is 0. The SMILES string of the molecule is Clc1c(Cl)c(Cl)c2c(c1Cl)C=CC=CC2. The summed E-state index contributed by atoms with van der Waals surface area (Å²) in [6, 6.07) is 0. The molecular formula is C11H6Cl4. The molecule has 0 bridgehead atoms. The number of hydrogen-bond acceptors (Lipinski definition) is 0. The minimum atomic E-state index is 0.314. The van der Waals surface area contributed by atoms with E-state index in [0.29, 0.717) is 26.5 Å². The molecule has 15 heavy (non-hydrogen) atoms. The van der Waals surface area contributed by atoms with Gasteiger partial charge in [0.1, 0.15) is 0 Å². The number of halogens is 4. The molecule has 0 heterocycles. The Morgan fingerprint density at radius 3 is 2.20 bits per heavy atom. The molecule has 1 aliphatic carbocycles. The molecule has 0 aromatic heterocycles. The van der Waals surface area contributed by atoms with E-state index >= 15 is 0 Å². The second-order valence-corrected chi connectivity index (χ2v) is 4.65. The molecule has 0 nitrogen and oxygen atoms in total. The second kappa shape index (κ2) is 4.39. The first-order valence-corrected chi connectivity index (χ1v) is 5.82. The van der Waals surface area contributed by atoms with E-state index in [2.05, 4.69) is 0 Å². The molecule has 78 valence electrons. The van der Waals surface area contributed by atoms with Gasteiger partial charge < -0.3 is 0 Å². The van der Waals surface area contributed by atoms with Gasteiger partial charge in [-0.15, -0.1) is 0 Å². The highest BCUT2D eigenvalue weighted by Gasteiger charge is 2.18. The Hall–Kier alpha value is -0.140. The fourth-order valence-electron chi connectivity index (χ4n) is 1.48. The zero-order chi connectivity index (χ0) is 11.0. The maximum absolute atomic E-state index is 6.12. The Morgan fingerprint density at radius 1 is 0.800 bits per heavy atom. The van der Waals surface area contributed by atoms with Crippen molar-refractivity contribution in [1.29, 1.82) is 0 Å². The second-order valence-electron chi connectivity index (χ2n) is 3.14. The van der Waals surface area contributed by atoms with Crippen LogP contribution in [0, 0.1) is 0 Å². The van der Waals surface area contributed by atoms with Gasteiger partial charge in [0, 0.05) is 0 Å². The van der Waals surface area contributed by atoms with Crippen LogP contribution in [0.15, 0.2) is 18.2 Å². The summed E-state index contributed by atoms with van der Waals surface area (Å²) in [5.41, 5.74) is 1.77. The number of benzene rings is 1. The predicted molar refractivity (Wildman–Crippen MR) is 68.4 cm³/mol. The van der Waals surface area contributed by atoms with Crippen LogP contribution in [0.4, 0.5) is 0 Å². The highest BCUT2D eigenvalue weighted by Crippen LogP contribution is 2.42. The van der Waals surface area contributed by atoms with E-state index in [-0.39, 0.29) is 0 Å². The largest absolute Gasteiger partial charge is 0.0823 e. The average Bonchev–Trinajstić information content (AvgIpc) is 2.48. The standard InChI is InChI=1S/C11H6Cl4/c12-8-6-4-2-1-3-5-7(6)9(13)11(15)10(8)14/h1-4H,5H2. The van der Waals surface area contributed by atoms with Gasteiger partial charge in [0.05, 0.1) is 20.1 Å². The molecule has 1 aromatic carbocycles. The van der Waals surface area contributed by atoms with Gasteiger partial charge in [-0.3, -0.25) is 0 Å². The highest BCUT2D eigenvalue weighted by molar-refractivity contribution is 6.52. The number of fused-ring (bicyclic) bond motifs is 1. The van der Waals surface area contributed by atoms with Crippen molar-refractivity contribution < 1.29 is 0 Å². The summed E-state index contributed by atoms with van der Waals surface area (Å²) in [6.45, 7) is 0. The van der Waals surface area contributed by atoms with Crippen molar-refractivity contribution in [2.75, 3.05) is 0 Å². The lowest BCUT2D eigenvalue weighted by molar-refractivity contribution is 1.27. The van der Waals surface area contributed by atoms with Gasteiger partial charge in [0.2, 0.25) is 0 Å². The van der Waals surface area contributed by atoms with E-state index in [1.165, 1.54) is 0 Å². The zero-order valence-electron chi connectivity index (χ0n) is 7.53. The molecule has 1 aromatic rings. The molecule has 0 radical (unpaired) electrons. The maximum Gasteiger partial charge on any atom is 0.0800 e.